The van der Waals surface area contributed by atoms with E-state index in [0.29, 0.717) is 23.6 Å². The second kappa shape index (κ2) is 14.9. The van der Waals surface area contributed by atoms with Gasteiger partial charge in [0.25, 0.3) is 5.69 Å². The Labute approximate surface area is 250 Å². The van der Waals surface area contributed by atoms with Crippen LogP contribution in [-0.2, 0) is 36.8 Å². The number of dihydropyridines is 1. The molecular formula is C32H36N4O7. The number of hydrogen-bond donors (Lipinski definition) is 1. The van der Waals surface area contributed by atoms with Gasteiger partial charge in [-0.3, -0.25) is 10.1 Å². The average Bonchev–Trinajstić information content (AvgIpc) is 3.50. The maximum absolute atomic E-state index is 13.4. The summed E-state index contributed by atoms with van der Waals surface area (Å²) in [5.41, 5.74) is 4.05. The van der Waals surface area contributed by atoms with Gasteiger partial charge in [0.1, 0.15) is 6.61 Å². The van der Waals surface area contributed by atoms with Gasteiger partial charge < -0.3 is 24.1 Å². The van der Waals surface area contributed by atoms with Crippen molar-refractivity contribution in [1.82, 2.24) is 14.9 Å². The van der Waals surface area contributed by atoms with Crippen LogP contribution in [0.25, 0.3) is 0 Å². The Kier molecular flexibility index (Phi) is 10.8. The molecule has 43 heavy (non-hydrogen) atoms. The van der Waals surface area contributed by atoms with E-state index >= 15 is 0 Å². The minimum Gasteiger partial charge on any atom is -0.463 e. The van der Waals surface area contributed by atoms with E-state index in [1.807, 2.05) is 10.8 Å². The van der Waals surface area contributed by atoms with Crippen LogP contribution in [0, 0.1) is 10.1 Å². The topological polar surface area (TPSA) is 135 Å². The molecule has 0 spiro atoms. The SMILES string of the molecule is CCOC(=O)C1=C(C)NC(C)=C(C(=O)OCCOCCCc2ccc(Cn3ccnc3)cc2)C1c1cccc([N+](=O)[O-])c1. The van der Waals surface area contributed by atoms with Crippen LogP contribution in [0.1, 0.15) is 49.8 Å². The van der Waals surface area contributed by atoms with Crippen molar-refractivity contribution < 1.29 is 28.7 Å². The van der Waals surface area contributed by atoms with Gasteiger partial charge in [0, 0.05) is 49.1 Å². The summed E-state index contributed by atoms with van der Waals surface area (Å²) in [6.45, 7) is 6.72. The molecule has 11 heteroatoms. The van der Waals surface area contributed by atoms with Gasteiger partial charge >= 0.3 is 11.9 Å². The molecule has 1 aromatic heterocycles. The first-order valence-corrected chi connectivity index (χ1v) is 14.2. The zero-order chi connectivity index (χ0) is 30.8. The summed E-state index contributed by atoms with van der Waals surface area (Å²) in [5, 5.41) is 14.5. The van der Waals surface area contributed by atoms with E-state index < -0.39 is 22.8 Å². The summed E-state index contributed by atoms with van der Waals surface area (Å²) >= 11 is 0. The number of benzene rings is 2. The van der Waals surface area contributed by atoms with Crippen LogP contribution in [0.4, 0.5) is 5.69 Å². The lowest BCUT2D eigenvalue weighted by atomic mass is 9.80. The van der Waals surface area contributed by atoms with Crippen molar-refractivity contribution in [2.75, 3.05) is 26.4 Å². The first-order valence-electron chi connectivity index (χ1n) is 14.2. The van der Waals surface area contributed by atoms with E-state index in [9.17, 15) is 19.7 Å². The molecule has 0 amide bonds. The van der Waals surface area contributed by atoms with Gasteiger partial charge in [0.2, 0.25) is 0 Å². The van der Waals surface area contributed by atoms with Crippen LogP contribution in [0.3, 0.4) is 0 Å². The Morgan fingerprint density at radius 3 is 2.33 bits per heavy atom. The Morgan fingerprint density at radius 1 is 0.977 bits per heavy atom. The van der Waals surface area contributed by atoms with Crippen molar-refractivity contribution in [3.05, 3.63) is 117 Å². The summed E-state index contributed by atoms with van der Waals surface area (Å²) in [7, 11) is 0. The van der Waals surface area contributed by atoms with Crippen LogP contribution in [0.15, 0.2) is 89.8 Å². The van der Waals surface area contributed by atoms with Gasteiger partial charge in [-0.25, -0.2) is 14.6 Å². The molecule has 11 nitrogen and oxygen atoms in total. The quantitative estimate of drug-likeness (QED) is 0.122. The molecule has 0 aliphatic carbocycles. The number of aryl methyl sites for hydroxylation is 1. The Morgan fingerprint density at radius 2 is 1.67 bits per heavy atom. The molecule has 1 N–H and O–H groups in total. The van der Waals surface area contributed by atoms with Crippen LogP contribution in [0.2, 0.25) is 0 Å². The number of rotatable bonds is 14. The van der Waals surface area contributed by atoms with E-state index in [1.165, 1.54) is 29.3 Å². The summed E-state index contributed by atoms with van der Waals surface area (Å²) in [6, 6.07) is 14.3. The number of allylic oxidation sites excluding steroid dienone is 2. The number of carbonyl (C=O) groups is 2. The summed E-state index contributed by atoms with van der Waals surface area (Å²) in [5.74, 6) is -2.16. The zero-order valence-electron chi connectivity index (χ0n) is 24.6. The highest BCUT2D eigenvalue weighted by Gasteiger charge is 2.38. The van der Waals surface area contributed by atoms with Crippen molar-refractivity contribution in [3.63, 3.8) is 0 Å². The van der Waals surface area contributed by atoms with Gasteiger partial charge in [-0.15, -0.1) is 0 Å². The number of hydrogen-bond acceptors (Lipinski definition) is 9. The third-order valence-electron chi connectivity index (χ3n) is 7.05. The third-order valence-corrected chi connectivity index (χ3v) is 7.05. The zero-order valence-corrected chi connectivity index (χ0v) is 24.6. The number of ether oxygens (including phenoxy) is 3. The highest BCUT2D eigenvalue weighted by molar-refractivity contribution is 6.00. The first-order chi connectivity index (χ1) is 20.8. The monoisotopic (exact) mass is 588 g/mol. The molecule has 4 rings (SSSR count). The molecule has 226 valence electrons. The van der Waals surface area contributed by atoms with Crippen LogP contribution in [-0.4, -0.2) is 52.8 Å². The number of imidazole rings is 1. The predicted molar refractivity (Wildman–Crippen MR) is 159 cm³/mol. The van der Waals surface area contributed by atoms with E-state index in [-0.39, 0.29) is 36.7 Å². The number of carbonyl (C=O) groups excluding carboxylic acids is 2. The average molecular weight is 589 g/mol. The second-order valence-corrected chi connectivity index (χ2v) is 10.1. The van der Waals surface area contributed by atoms with Crippen molar-refractivity contribution in [2.45, 2.75) is 46.1 Å². The third kappa shape index (κ3) is 8.16. The van der Waals surface area contributed by atoms with Gasteiger partial charge in [0.05, 0.1) is 41.5 Å². The molecule has 0 saturated carbocycles. The van der Waals surface area contributed by atoms with Crippen molar-refractivity contribution in [1.29, 1.82) is 0 Å². The highest BCUT2D eigenvalue weighted by atomic mass is 16.6. The normalized spacial score (nSPS) is 14.8. The number of esters is 2. The number of nitrogens with one attached hydrogen (secondary N) is 1. The van der Waals surface area contributed by atoms with Crippen LogP contribution in [0.5, 0.6) is 0 Å². The van der Waals surface area contributed by atoms with Crippen molar-refractivity contribution in [2.24, 2.45) is 0 Å². The summed E-state index contributed by atoms with van der Waals surface area (Å²) in [4.78, 5) is 41.3. The minimum absolute atomic E-state index is 0.0116. The first kappa shape index (κ1) is 31.2. The van der Waals surface area contributed by atoms with E-state index in [1.54, 1.807) is 39.4 Å². The molecule has 0 saturated heterocycles. The molecule has 0 radical (unpaired) electrons. The van der Waals surface area contributed by atoms with Gasteiger partial charge in [0.15, 0.2) is 0 Å². The smallest absolute Gasteiger partial charge is 0.336 e. The highest BCUT2D eigenvalue weighted by Crippen LogP contribution is 2.40. The summed E-state index contributed by atoms with van der Waals surface area (Å²) in [6.07, 6.45) is 7.15. The van der Waals surface area contributed by atoms with E-state index in [0.717, 1.165) is 19.4 Å². The number of non-ortho nitro benzene ring substituents is 1. The number of nitro benzene ring substituents is 1. The molecule has 2 heterocycles. The lowest BCUT2D eigenvalue weighted by Gasteiger charge is -2.30. The molecule has 1 unspecified atom stereocenters. The van der Waals surface area contributed by atoms with Crippen LogP contribution < -0.4 is 5.32 Å². The molecule has 2 aromatic carbocycles. The number of nitro groups is 1. The Bertz CT molecular complexity index is 1490. The molecule has 0 fully saturated rings. The largest absolute Gasteiger partial charge is 0.463 e. The molecule has 0 bridgehead atoms. The molecular weight excluding hydrogens is 552 g/mol. The van der Waals surface area contributed by atoms with Crippen molar-refractivity contribution >= 4 is 17.6 Å². The fourth-order valence-electron chi connectivity index (χ4n) is 5.05. The Balaban J connectivity index is 1.32. The molecule has 1 aliphatic heterocycles. The van der Waals surface area contributed by atoms with Crippen LogP contribution >= 0.6 is 0 Å². The standard InChI is InChI=1S/C32H36N4O7/c1-4-42-31(37)28-22(2)34-23(3)29(30(28)26-8-5-9-27(19-26)36(39)40)32(38)43-18-17-41-16-6-7-24-10-12-25(13-11-24)20-35-15-14-33-21-35/h5,8-15,19,21,30,34H,4,6-7,16-18,20H2,1-3H3. The maximum Gasteiger partial charge on any atom is 0.336 e. The van der Waals surface area contributed by atoms with E-state index in [4.69, 9.17) is 14.2 Å². The Hall–Kier alpha value is -4.77. The predicted octanol–water partition coefficient (Wildman–Crippen LogP) is 4.83. The van der Waals surface area contributed by atoms with E-state index in [2.05, 4.69) is 34.6 Å². The van der Waals surface area contributed by atoms with Gasteiger partial charge in [-0.1, -0.05) is 36.4 Å². The lowest BCUT2D eigenvalue weighted by Crippen LogP contribution is -2.32. The maximum atomic E-state index is 13.4. The molecule has 3 aromatic rings. The molecule has 1 aliphatic rings. The minimum atomic E-state index is -0.903. The second-order valence-electron chi connectivity index (χ2n) is 10.1. The van der Waals surface area contributed by atoms with Gasteiger partial charge in [-0.05, 0) is 50.3 Å². The van der Waals surface area contributed by atoms with Gasteiger partial charge in [-0.2, -0.15) is 0 Å². The lowest BCUT2D eigenvalue weighted by molar-refractivity contribution is -0.384. The number of nitrogens with zero attached hydrogens (tertiary/aromatic N) is 3. The number of aromatic nitrogens is 2. The fourth-order valence-corrected chi connectivity index (χ4v) is 5.05. The van der Waals surface area contributed by atoms with Crippen molar-refractivity contribution in [3.8, 4) is 0 Å². The molecule has 1 atom stereocenters. The summed E-state index contributed by atoms with van der Waals surface area (Å²) < 4.78 is 18.5. The fraction of sp³-hybridized carbons (Fsp3) is 0.344.